The highest BCUT2D eigenvalue weighted by Crippen LogP contribution is 2.37. The van der Waals surface area contributed by atoms with Crippen molar-refractivity contribution in [2.75, 3.05) is 13.1 Å². The smallest absolute Gasteiger partial charge is 0.243 e. The Morgan fingerprint density at radius 1 is 1.27 bits per heavy atom. The van der Waals surface area contributed by atoms with Crippen LogP contribution in [0, 0.1) is 0 Å². The van der Waals surface area contributed by atoms with Gasteiger partial charge < -0.3 is 9.80 Å². The summed E-state index contributed by atoms with van der Waals surface area (Å²) in [5.74, 6) is -0.0246. The molecule has 3 rings (SSSR count). The Hall–Kier alpha value is -2.14. The van der Waals surface area contributed by atoms with Crippen LogP contribution in [0.3, 0.4) is 0 Å². The predicted octanol–water partition coefficient (Wildman–Crippen LogP) is 3.87. The van der Waals surface area contributed by atoms with Crippen LogP contribution < -0.4 is 0 Å². The van der Waals surface area contributed by atoms with E-state index in [0.717, 1.165) is 18.4 Å². The zero-order valence-electron chi connectivity index (χ0n) is 15.6. The third-order valence-electron chi connectivity index (χ3n) is 5.23. The molecule has 0 radical (unpaired) electrons. The van der Waals surface area contributed by atoms with Crippen LogP contribution in [0.1, 0.15) is 49.2 Å². The van der Waals surface area contributed by atoms with Crippen molar-refractivity contribution in [1.29, 1.82) is 0 Å². The van der Waals surface area contributed by atoms with Crippen molar-refractivity contribution in [3.8, 4) is 0 Å². The molecule has 1 aliphatic rings. The van der Waals surface area contributed by atoms with Crippen LogP contribution in [0.5, 0.6) is 0 Å². The van der Waals surface area contributed by atoms with Gasteiger partial charge in [0.15, 0.2) is 0 Å². The quantitative estimate of drug-likeness (QED) is 0.802. The number of rotatable bonds is 5. The van der Waals surface area contributed by atoms with Crippen LogP contribution in [0.4, 0.5) is 0 Å². The zero-order valence-corrected chi connectivity index (χ0v) is 16.5. The van der Waals surface area contributed by atoms with Gasteiger partial charge in [0.2, 0.25) is 11.8 Å². The second kappa shape index (κ2) is 8.04. The number of hydrogen-bond acceptors (Lipinski definition) is 3. The molecule has 1 aromatic heterocycles. The molecule has 138 valence electrons. The second-order valence-electron chi connectivity index (χ2n) is 6.85. The molecule has 0 fully saturated rings. The number of hydrogen-bond donors (Lipinski definition) is 0. The lowest BCUT2D eigenvalue weighted by molar-refractivity contribution is -0.142. The van der Waals surface area contributed by atoms with Crippen LogP contribution >= 0.6 is 11.3 Å². The molecule has 26 heavy (non-hydrogen) atoms. The minimum atomic E-state index is -0.0653. The molecule has 2 heterocycles. The molecular weight excluding hydrogens is 344 g/mol. The molecule has 2 unspecified atom stereocenters. The van der Waals surface area contributed by atoms with Crippen molar-refractivity contribution in [2.24, 2.45) is 0 Å². The number of fused-ring (bicyclic) bond motifs is 1. The number of carbonyl (C=O) groups is 2. The van der Waals surface area contributed by atoms with Crippen molar-refractivity contribution >= 4 is 23.2 Å². The highest BCUT2D eigenvalue weighted by atomic mass is 32.1. The van der Waals surface area contributed by atoms with Crippen molar-refractivity contribution in [3.05, 3.63) is 57.8 Å². The van der Waals surface area contributed by atoms with Crippen molar-refractivity contribution in [2.45, 2.75) is 45.7 Å². The largest absolute Gasteiger partial charge is 0.331 e. The van der Waals surface area contributed by atoms with E-state index in [9.17, 15) is 9.59 Å². The molecule has 1 aromatic carbocycles. The highest BCUT2D eigenvalue weighted by molar-refractivity contribution is 7.10. The monoisotopic (exact) mass is 370 g/mol. The number of carbonyl (C=O) groups excluding carboxylic acids is 2. The van der Waals surface area contributed by atoms with E-state index in [1.165, 1.54) is 10.4 Å². The van der Waals surface area contributed by atoms with Gasteiger partial charge in [-0.25, -0.2) is 0 Å². The van der Waals surface area contributed by atoms with E-state index in [1.807, 2.05) is 36.9 Å². The Labute approximate surface area is 159 Å². The normalized spacial score (nSPS) is 17.5. The maximum atomic E-state index is 13.2. The fraction of sp³-hybridized carbons (Fsp3) is 0.429. The van der Waals surface area contributed by atoms with E-state index in [2.05, 4.69) is 23.6 Å². The van der Waals surface area contributed by atoms with E-state index in [-0.39, 0.29) is 30.4 Å². The first-order valence-corrected chi connectivity index (χ1v) is 10.1. The van der Waals surface area contributed by atoms with Gasteiger partial charge >= 0.3 is 0 Å². The van der Waals surface area contributed by atoms with Crippen molar-refractivity contribution in [1.82, 2.24) is 9.80 Å². The summed E-state index contributed by atoms with van der Waals surface area (Å²) in [7, 11) is 0. The molecule has 2 atom stereocenters. The molecule has 5 heteroatoms. The second-order valence-corrected chi connectivity index (χ2v) is 7.85. The first kappa shape index (κ1) is 18.6. The minimum Gasteiger partial charge on any atom is -0.331 e. The molecule has 4 nitrogen and oxygen atoms in total. The highest BCUT2D eigenvalue weighted by Gasteiger charge is 2.34. The summed E-state index contributed by atoms with van der Waals surface area (Å²) in [6.07, 6.45) is 1.72. The third kappa shape index (κ3) is 3.68. The predicted molar refractivity (Wildman–Crippen MR) is 105 cm³/mol. The Morgan fingerprint density at radius 2 is 2.00 bits per heavy atom. The molecule has 0 bridgehead atoms. The molecule has 0 aliphatic carbocycles. The maximum absolute atomic E-state index is 13.2. The summed E-state index contributed by atoms with van der Waals surface area (Å²) in [4.78, 5) is 30.2. The number of nitrogens with zero attached hydrogens (tertiary/aromatic N) is 2. The van der Waals surface area contributed by atoms with Gasteiger partial charge in [0.05, 0.1) is 6.04 Å². The van der Waals surface area contributed by atoms with Gasteiger partial charge in [-0.2, -0.15) is 0 Å². The molecule has 0 N–H and O–H groups in total. The lowest BCUT2D eigenvalue weighted by Gasteiger charge is -2.38. The van der Waals surface area contributed by atoms with Gasteiger partial charge in [-0.1, -0.05) is 37.3 Å². The summed E-state index contributed by atoms with van der Waals surface area (Å²) in [6.45, 7) is 6.42. The zero-order chi connectivity index (χ0) is 18.7. The maximum Gasteiger partial charge on any atom is 0.243 e. The Balaban J connectivity index is 1.90. The van der Waals surface area contributed by atoms with Gasteiger partial charge in [0.25, 0.3) is 0 Å². The first-order valence-electron chi connectivity index (χ1n) is 9.20. The number of amides is 2. The fourth-order valence-corrected chi connectivity index (χ4v) is 4.52. The van der Waals surface area contributed by atoms with Crippen LogP contribution in [-0.4, -0.2) is 40.7 Å². The van der Waals surface area contributed by atoms with E-state index >= 15 is 0 Å². The Kier molecular flexibility index (Phi) is 5.77. The summed E-state index contributed by atoms with van der Waals surface area (Å²) in [5.41, 5.74) is 2.34. The first-order chi connectivity index (χ1) is 12.5. The van der Waals surface area contributed by atoms with Gasteiger partial charge in [0, 0.05) is 24.4 Å². The SMILES string of the molecule is CCC(C)N(CC(=O)N1CCc2sccc2C1c1ccccc1)C(C)=O. The third-order valence-corrected chi connectivity index (χ3v) is 6.23. The van der Waals surface area contributed by atoms with Gasteiger partial charge in [0.1, 0.15) is 6.54 Å². The average molecular weight is 371 g/mol. The molecule has 2 aromatic rings. The molecule has 0 spiro atoms. The number of benzene rings is 1. The van der Waals surface area contributed by atoms with Crippen LogP contribution in [0.25, 0.3) is 0 Å². The lowest BCUT2D eigenvalue weighted by Crippen LogP contribution is -2.48. The van der Waals surface area contributed by atoms with Crippen LogP contribution in [0.2, 0.25) is 0 Å². The van der Waals surface area contributed by atoms with Crippen molar-refractivity contribution < 1.29 is 9.59 Å². The van der Waals surface area contributed by atoms with E-state index < -0.39 is 0 Å². The average Bonchev–Trinajstić information content (AvgIpc) is 3.13. The molecular formula is C21H26N2O2S. The van der Waals surface area contributed by atoms with E-state index in [4.69, 9.17) is 0 Å². The molecule has 0 saturated carbocycles. The minimum absolute atomic E-state index is 0.0196. The molecule has 0 saturated heterocycles. The van der Waals surface area contributed by atoms with Gasteiger partial charge in [-0.3, -0.25) is 9.59 Å². The summed E-state index contributed by atoms with van der Waals surface area (Å²) < 4.78 is 0. The van der Waals surface area contributed by atoms with Crippen LogP contribution in [-0.2, 0) is 16.0 Å². The summed E-state index contributed by atoms with van der Waals surface area (Å²) in [5, 5.41) is 2.11. The number of thiophene rings is 1. The van der Waals surface area contributed by atoms with Crippen molar-refractivity contribution in [3.63, 3.8) is 0 Å². The Morgan fingerprint density at radius 3 is 2.65 bits per heavy atom. The van der Waals surface area contributed by atoms with E-state index in [0.29, 0.717) is 6.54 Å². The Bertz CT molecular complexity index is 771. The van der Waals surface area contributed by atoms with Gasteiger partial charge in [-0.05, 0) is 42.3 Å². The standard InChI is InChI=1S/C21H26N2O2S/c1-4-15(2)23(16(3)24)14-20(25)22-12-10-19-18(11-13-26-19)21(22)17-8-6-5-7-9-17/h5-9,11,13,15,21H,4,10,12,14H2,1-3H3. The lowest BCUT2D eigenvalue weighted by atomic mass is 9.93. The van der Waals surface area contributed by atoms with Gasteiger partial charge in [-0.15, -0.1) is 11.3 Å². The van der Waals surface area contributed by atoms with E-state index in [1.54, 1.807) is 23.2 Å². The van der Waals surface area contributed by atoms with Crippen LogP contribution in [0.15, 0.2) is 41.8 Å². The summed E-state index contributed by atoms with van der Waals surface area (Å²) in [6, 6.07) is 12.3. The molecule has 1 aliphatic heterocycles. The molecule has 2 amide bonds. The topological polar surface area (TPSA) is 40.6 Å². The summed E-state index contributed by atoms with van der Waals surface area (Å²) >= 11 is 1.76. The fourth-order valence-electron chi connectivity index (χ4n) is 3.61.